The van der Waals surface area contributed by atoms with Crippen molar-refractivity contribution in [2.24, 2.45) is 4.99 Å². The van der Waals surface area contributed by atoms with Gasteiger partial charge in [0.1, 0.15) is 0 Å². The average Bonchev–Trinajstić information content (AvgIpc) is 3.23. The van der Waals surface area contributed by atoms with Crippen molar-refractivity contribution in [2.45, 2.75) is 6.92 Å². The highest BCUT2D eigenvalue weighted by Gasteiger charge is 2.17. The van der Waals surface area contributed by atoms with Crippen LogP contribution in [0.15, 0.2) is 181 Å². The maximum atomic E-state index is 5.31. The summed E-state index contributed by atoms with van der Waals surface area (Å²) in [6, 6.07) is 53.2. The van der Waals surface area contributed by atoms with Gasteiger partial charge in [0, 0.05) is 44.6 Å². The zero-order chi connectivity index (χ0) is 35.7. The Morgan fingerprint density at radius 3 is 2.15 bits per heavy atom. The third-order valence-electron chi connectivity index (χ3n) is 9.89. The standard InChI is InChI=1S/C49H34N4/c1-3-4-17-43(50-2)37-29-36(30-38(31-37)44-18-9-10-28-51-44)32-20-22-34(23-21-32)45-27-25-35-24-26-42-47(40-16-11-13-33-12-5-6-14-39(33)40)41-15-7-8-19-46(41)53-49(42)48(35)52-45/h3-31H,2H2,1H3/b4-3-,43-17-. The van der Waals surface area contributed by atoms with Crippen molar-refractivity contribution in [1.29, 1.82) is 0 Å². The second kappa shape index (κ2) is 13.6. The first-order valence-electron chi connectivity index (χ1n) is 17.8. The van der Waals surface area contributed by atoms with Gasteiger partial charge < -0.3 is 0 Å². The minimum absolute atomic E-state index is 0.802. The fourth-order valence-electron chi connectivity index (χ4n) is 7.32. The van der Waals surface area contributed by atoms with E-state index in [1.54, 1.807) is 0 Å². The number of hydrogen-bond donors (Lipinski definition) is 0. The molecule has 0 aliphatic heterocycles. The number of rotatable bonds is 7. The number of hydrogen-bond acceptors (Lipinski definition) is 4. The van der Waals surface area contributed by atoms with Crippen LogP contribution in [-0.4, -0.2) is 21.7 Å². The Morgan fingerprint density at radius 2 is 1.32 bits per heavy atom. The SMILES string of the molecule is C=N/C(=C\C=C/C)c1cc(-c2ccc(-c3ccc4ccc5c(-c6cccc7ccccc67)c6ccccc6nc5c4n3)cc2)cc(-c2ccccn2)c1. The Hall–Kier alpha value is -7.04. The Morgan fingerprint density at radius 1 is 0.566 bits per heavy atom. The van der Waals surface area contributed by atoms with Gasteiger partial charge in [-0.1, -0.05) is 121 Å². The predicted octanol–water partition coefficient (Wildman–Crippen LogP) is 12.8. The lowest BCUT2D eigenvalue weighted by Gasteiger charge is -2.15. The summed E-state index contributed by atoms with van der Waals surface area (Å²) >= 11 is 0. The molecule has 3 aromatic heterocycles. The molecule has 53 heavy (non-hydrogen) atoms. The molecule has 9 aromatic rings. The summed E-state index contributed by atoms with van der Waals surface area (Å²) in [4.78, 5) is 19.5. The minimum atomic E-state index is 0.802. The highest BCUT2D eigenvalue weighted by atomic mass is 14.8. The molecule has 9 rings (SSSR count). The van der Waals surface area contributed by atoms with Crippen molar-refractivity contribution in [2.75, 3.05) is 0 Å². The molecule has 0 fully saturated rings. The number of para-hydroxylation sites is 1. The highest BCUT2D eigenvalue weighted by Crippen LogP contribution is 2.40. The molecule has 0 N–H and O–H groups in total. The van der Waals surface area contributed by atoms with Crippen molar-refractivity contribution in [3.63, 3.8) is 0 Å². The number of aromatic nitrogens is 3. The summed E-state index contributed by atoms with van der Waals surface area (Å²) in [7, 11) is 0. The predicted molar refractivity (Wildman–Crippen MR) is 224 cm³/mol. The highest BCUT2D eigenvalue weighted by molar-refractivity contribution is 6.19. The molecule has 0 saturated carbocycles. The molecule has 4 heteroatoms. The molecule has 0 radical (unpaired) electrons. The monoisotopic (exact) mass is 678 g/mol. The lowest BCUT2D eigenvalue weighted by molar-refractivity contribution is 1.32. The first-order valence-corrected chi connectivity index (χ1v) is 17.8. The minimum Gasteiger partial charge on any atom is -0.264 e. The van der Waals surface area contributed by atoms with Crippen molar-refractivity contribution >= 4 is 55.9 Å². The molecule has 0 spiro atoms. The van der Waals surface area contributed by atoms with Gasteiger partial charge in [0.05, 0.1) is 33.6 Å². The molecule has 0 aliphatic rings. The van der Waals surface area contributed by atoms with Gasteiger partial charge in [-0.15, -0.1) is 0 Å². The summed E-state index contributed by atoms with van der Waals surface area (Å²) in [6.07, 6.45) is 7.77. The molecular weight excluding hydrogens is 645 g/mol. The number of fused-ring (bicyclic) bond motifs is 5. The van der Waals surface area contributed by atoms with Crippen LogP contribution in [-0.2, 0) is 0 Å². The van der Waals surface area contributed by atoms with Crippen molar-refractivity contribution < 1.29 is 0 Å². The normalized spacial score (nSPS) is 12.0. The third-order valence-corrected chi connectivity index (χ3v) is 9.89. The summed E-state index contributed by atoms with van der Waals surface area (Å²) in [5, 5.41) is 5.71. The Balaban J connectivity index is 1.17. The van der Waals surface area contributed by atoms with E-state index in [0.717, 1.165) is 77.6 Å². The fourth-order valence-corrected chi connectivity index (χ4v) is 7.32. The number of benzene rings is 6. The van der Waals surface area contributed by atoms with Crippen LogP contribution >= 0.6 is 0 Å². The lowest BCUT2D eigenvalue weighted by atomic mass is 9.91. The van der Waals surface area contributed by atoms with E-state index >= 15 is 0 Å². The van der Waals surface area contributed by atoms with Gasteiger partial charge in [-0.05, 0) is 89.6 Å². The maximum absolute atomic E-state index is 5.31. The summed E-state index contributed by atoms with van der Waals surface area (Å²) < 4.78 is 0. The maximum Gasteiger partial charge on any atom is 0.0978 e. The second-order valence-electron chi connectivity index (χ2n) is 13.1. The largest absolute Gasteiger partial charge is 0.264 e. The molecule has 0 bridgehead atoms. The quantitative estimate of drug-likeness (QED) is 0.0729. The van der Waals surface area contributed by atoms with Gasteiger partial charge >= 0.3 is 0 Å². The molecule has 0 atom stereocenters. The molecule has 4 nitrogen and oxygen atoms in total. The number of nitrogens with zero attached hydrogens (tertiary/aromatic N) is 4. The molecule has 0 aliphatic carbocycles. The van der Waals surface area contributed by atoms with Crippen LogP contribution in [0.25, 0.3) is 93.9 Å². The summed E-state index contributed by atoms with van der Waals surface area (Å²) in [5.41, 5.74) is 12.9. The second-order valence-corrected chi connectivity index (χ2v) is 13.1. The first-order chi connectivity index (χ1) is 26.2. The zero-order valence-corrected chi connectivity index (χ0v) is 29.2. The van der Waals surface area contributed by atoms with Crippen molar-refractivity contribution in [3.05, 3.63) is 182 Å². The van der Waals surface area contributed by atoms with Crippen LogP contribution in [0, 0.1) is 0 Å². The molecule has 0 unspecified atom stereocenters. The molecule has 3 heterocycles. The van der Waals surface area contributed by atoms with Crippen LogP contribution in [0.3, 0.4) is 0 Å². The van der Waals surface area contributed by atoms with Gasteiger partial charge in [-0.2, -0.15) is 0 Å². The van der Waals surface area contributed by atoms with Crippen LogP contribution in [0.1, 0.15) is 12.5 Å². The van der Waals surface area contributed by atoms with E-state index in [4.69, 9.17) is 9.97 Å². The average molecular weight is 679 g/mol. The third kappa shape index (κ3) is 5.86. The molecule has 0 amide bonds. The topological polar surface area (TPSA) is 51.0 Å². The van der Waals surface area contributed by atoms with E-state index in [9.17, 15) is 0 Å². The molecular formula is C49H34N4. The number of pyridine rings is 3. The van der Waals surface area contributed by atoms with Crippen LogP contribution in [0.5, 0.6) is 0 Å². The Bertz CT molecular complexity index is 2900. The van der Waals surface area contributed by atoms with E-state index < -0.39 is 0 Å². The van der Waals surface area contributed by atoms with Gasteiger partial charge in [0.2, 0.25) is 0 Å². The van der Waals surface area contributed by atoms with Crippen molar-refractivity contribution in [3.8, 4) is 44.8 Å². The van der Waals surface area contributed by atoms with Crippen LogP contribution in [0.4, 0.5) is 0 Å². The van der Waals surface area contributed by atoms with E-state index in [2.05, 4.69) is 150 Å². The van der Waals surface area contributed by atoms with Gasteiger partial charge in [0.25, 0.3) is 0 Å². The Labute approximate surface area is 308 Å². The van der Waals surface area contributed by atoms with E-state index in [1.165, 1.54) is 21.9 Å². The zero-order valence-electron chi connectivity index (χ0n) is 29.2. The lowest BCUT2D eigenvalue weighted by Crippen LogP contribution is -1.93. The van der Waals surface area contributed by atoms with Crippen LogP contribution < -0.4 is 0 Å². The summed E-state index contributed by atoms with van der Waals surface area (Å²) in [5.74, 6) is 0. The number of allylic oxidation sites excluding steroid dienone is 3. The van der Waals surface area contributed by atoms with Gasteiger partial charge in [-0.25, -0.2) is 9.97 Å². The number of aliphatic imine (C=N–C) groups is 1. The first kappa shape index (κ1) is 31.9. The van der Waals surface area contributed by atoms with E-state index in [1.807, 2.05) is 49.5 Å². The Kier molecular flexibility index (Phi) is 8.18. The summed E-state index contributed by atoms with van der Waals surface area (Å²) in [6.45, 7) is 5.84. The molecule has 0 saturated heterocycles. The van der Waals surface area contributed by atoms with E-state index in [0.29, 0.717) is 0 Å². The molecule has 250 valence electrons. The molecule has 6 aromatic carbocycles. The van der Waals surface area contributed by atoms with Gasteiger partial charge in [-0.3, -0.25) is 9.98 Å². The van der Waals surface area contributed by atoms with E-state index in [-0.39, 0.29) is 0 Å². The van der Waals surface area contributed by atoms with Crippen LogP contribution in [0.2, 0.25) is 0 Å². The smallest absolute Gasteiger partial charge is 0.0978 e. The fraction of sp³-hybridized carbons (Fsp3) is 0.0204. The van der Waals surface area contributed by atoms with Gasteiger partial charge in [0.15, 0.2) is 0 Å². The van der Waals surface area contributed by atoms with Crippen molar-refractivity contribution in [1.82, 2.24) is 15.0 Å².